The standard InChI is InChI=1S/C29H24N4O4S/c1-37-23-13-11-22(12-14-23)33-29(36)32-21-9-7-20(8-10-21)26-28-27(31-17-30-26)24(16-38-28)19-5-2-18(3-6-19)4-15-25(34)35/h2-3,5-14,16-17H,4,15H2,1H3,(H,34,35)(H2,32,33,36). The number of hydrogen-bond donors (Lipinski definition) is 3. The van der Waals surface area contributed by atoms with Crippen LogP contribution in [-0.4, -0.2) is 34.2 Å². The number of anilines is 2. The van der Waals surface area contributed by atoms with Crippen molar-refractivity contribution >= 4 is 44.9 Å². The molecule has 190 valence electrons. The van der Waals surface area contributed by atoms with Gasteiger partial charge in [-0.3, -0.25) is 4.79 Å². The number of amides is 2. The molecule has 0 unspecified atom stereocenters. The Morgan fingerprint density at radius 3 is 2.13 bits per heavy atom. The van der Waals surface area contributed by atoms with Crippen LogP contribution >= 0.6 is 11.3 Å². The first-order valence-corrected chi connectivity index (χ1v) is 12.7. The van der Waals surface area contributed by atoms with E-state index in [9.17, 15) is 9.59 Å². The van der Waals surface area contributed by atoms with Crippen molar-refractivity contribution in [3.05, 3.63) is 90.1 Å². The van der Waals surface area contributed by atoms with E-state index in [-0.39, 0.29) is 12.5 Å². The van der Waals surface area contributed by atoms with Crippen molar-refractivity contribution < 1.29 is 19.4 Å². The zero-order chi connectivity index (χ0) is 26.5. The first kappa shape index (κ1) is 24.9. The zero-order valence-electron chi connectivity index (χ0n) is 20.5. The average Bonchev–Trinajstić information content (AvgIpc) is 3.37. The van der Waals surface area contributed by atoms with Gasteiger partial charge in [0, 0.05) is 34.3 Å². The number of aryl methyl sites for hydroxylation is 1. The highest BCUT2D eigenvalue weighted by Gasteiger charge is 2.14. The summed E-state index contributed by atoms with van der Waals surface area (Å²) in [5, 5.41) is 16.6. The molecule has 9 heteroatoms. The Morgan fingerprint density at radius 1 is 0.868 bits per heavy atom. The molecule has 0 bridgehead atoms. The lowest BCUT2D eigenvalue weighted by molar-refractivity contribution is -0.136. The van der Waals surface area contributed by atoms with Gasteiger partial charge in [0.25, 0.3) is 0 Å². The Morgan fingerprint density at radius 2 is 1.50 bits per heavy atom. The van der Waals surface area contributed by atoms with Crippen molar-refractivity contribution in [1.29, 1.82) is 0 Å². The highest BCUT2D eigenvalue weighted by molar-refractivity contribution is 7.18. The van der Waals surface area contributed by atoms with Crippen molar-refractivity contribution in [2.45, 2.75) is 12.8 Å². The van der Waals surface area contributed by atoms with Crippen LogP contribution in [0.1, 0.15) is 12.0 Å². The van der Waals surface area contributed by atoms with Gasteiger partial charge < -0.3 is 20.5 Å². The van der Waals surface area contributed by atoms with Gasteiger partial charge in [-0.1, -0.05) is 36.4 Å². The van der Waals surface area contributed by atoms with Crippen LogP contribution in [-0.2, 0) is 11.2 Å². The highest BCUT2D eigenvalue weighted by atomic mass is 32.1. The summed E-state index contributed by atoms with van der Waals surface area (Å²) in [5.41, 5.74) is 6.91. The number of rotatable bonds is 8. The lowest BCUT2D eigenvalue weighted by atomic mass is 10.0. The fraction of sp³-hybridized carbons (Fsp3) is 0.103. The van der Waals surface area contributed by atoms with E-state index in [0.717, 1.165) is 38.2 Å². The van der Waals surface area contributed by atoms with E-state index < -0.39 is 5.97 Å². The molecule has 0 saturated heterocycles. The Bertz CT molecular complexity index is 1580. The number of fused-ring (bicyclic) bond motifs is 1. The quantitative estimate of drug-likeness (QED) is 0.208. The van der Waals surface area contributed by atoms with Crippen molar-refractivity contribution in [1.82, 2.24) is 9.97 Å². The molecule has 2 aromatic heterocycles. The number of nitrogens with zero attached hydrogens (tertiary/aromatic N) is 2. The fourth-order valence-electron chi connectivity index (χ4n) is 4.04. The normalized spacial score (nSPS) is 10.8. The third-order valence-electron chi connectivity index (χ3n) is 6.01. The smallest absolute Gasteiger partial charge is 0.323 e. The maximum atomic E-state index is 12.4. The van der Waals surface area contributed by atoms with Gasteiger partial charge in [-0.25, -0.2) is 14.8 Å². The number of carbonyl (C=O) groups excluding carboxylic acids is 1. The molecule has 0 fully saturated rings. The zero-order valence-corrected chi connectivity index (χ0v) is 21.3. The third-order valence-corrected chi connectivity index (χ3v) is 6.99. The van der Waals surface area contributed by atoms with E-state index in [1.165, 1.54) is 0 Å². The van der Waals surface area contributed by atoms with E-state index >= 15 is 0 Å². The van der Waals surface area contributed by atoms with Crippen molar-refractivity contribution in [3.8, 4) is 28.1 Å². The molecule has 0 saturated carbocycles. The Hall–Kier alpha value is -4.76. The first-order valence-electron chi connectivity index (χ1n) is 11.9. The van der Waals surface area contributed by atoms with Crippen LogP contribution in [0.5, 0.6) is 5.75 Å². The number of hydrogen-bond acceptors (Lipinski definition) is 6. The van der Waals surface area contributed by atoms with E-state index in [1.54, 1.807) is 49.0 Å². The predicted molar refractivity (Wildman–Crippen MR) is 150 cm³/mol. The molecule has 0 atom stereocenters. The molecule has 38 heavy (non-hydrogen) atoms. The number of benzene rings is 3. The minimum absolute atomic E-state index is 0.110. The fourth-order valence-corrected chi connectivity index (χ4v) is 5.08. The van der Waals surface area contributed by atoms with Gasteiger partial charge in [0.1, 0.15) is 12.1 Å². The van der Waals surface area contributed by atoms with Gasteiger partial charge >= 0.3 is 12.0 Å². The third kappa shape index (κ3) is 5.63. The van der Waals surface area contributed by atoms with Crippen LogP contribution < -0.4 is 15.4 Å². The molecule has 5 rings (SSSR count). The molecule has 0 aliphatic heterocycles. The Labute approximate surface area is 223 Å². The molecule has 0 radical (unpaired) electrons. The minimum atomic E-state index is -0.803. The number of urea groups is 1. The van der Waals surface area contributed by atoms with E-state index in [0.29, 0.717) is 23.5 Å². The number of ether oxygens (including phenoxy) is 1. The lowest BCUT2D eigenvalue weighted by Crippen LogP contribution is -2.19. The van der Waals surface area contributed by atoms with Gasteiger partial charge in [-0.05, 0) is 53.9 Å². The van der Waals surface area contributed by atoms with Gasteiger partial charge in [0.15, 0.2) is 0 Å². The van der Waals surface area contributed by atoms with Crippen molar-refractivity contribution in [2.24, 2.45) is 0 Å². The number of methoxy groups -OCH3 is 1. The number of carboxylic acids is 1. The first-order chi connectivity index (χ1) is 18.5. The van der Waals surface area contributed by atoms with Crippen LogP contribution in [0.2, 0.25) is 0 Å². The number of aromatic nitrogens is 2. The molecule has 3 aromatic carbocycles. The second-order valence-corrected chi connectivity index (χ2v) is 9.40. The minimum Gasteiger partial charge on any atom is -0.497 e. The predicted octanol–water partition coefficient (Wildman–Crippen LogP) is 6.70. The summed E-state index contributed by atoms with van der Waals surface area (Å²) in [6.07, 6.45) is 2.17. The van der Waals surface area contributed by atoms with E-state index in [2.05, 4.69) is 26.0 Å². The molecule has 8 nitrogen and oxygen atoms in total. The molecule has 0 spiro atoms. The van der Waals surface area contributed by atoms with Crippen LogP contribution in [0, 0.1) is 0 Å². The van der Waals surface area contributed by atoms with Crippen LogP contribution in [0.25, 0.3) is 32.6 Å². The highest BCUT2D eigenvalue weighted by Crippen LogP contribution is 2.37. The SMILES string of the molecule is COc1ccc(NC(=O)Nc2ccc(-c3ncnc4c(-c5ccc(CCC(=O)O)cc5)csc34)cc2)cc1. The van der Waals surface area contributed by atoms with Crippen molar-refractivity contribution in [3.63, 3.8) is 0 Å². The number of carbonyl (C=O) groups is 2. The average molecular weight is 525 g/mol. The second-order valence-electron chi connectivity index (χ2n) is 8.53. The van der Waals surface area contributed by atoms with Crippen molar-refractivity contribution in [2.75, 3.05) is 17.7 Å². The Kier molecular flexibility index (Phi) is 7.28. The largest absolute Gasteiger partial charge is 0.497 e. The van der Waals surface area contributed by atoms with Crippen LogP contribution in [0.4, 0.5) is 16.2 Å². The molecule has 5 aromatic rings. The summed E-state index contributed by atoms with van der Waals surface area (Å²) in [4.78, 5) is 32.3. The molecular weight excluding hydrogens is 500 g/mol. The summed E-state index contributed by atoms with van der Waals surface area (Å²) in [6, 6.07) is 22.2. The summed E-state index contributed by atoms with van der Waals surface area (Å²) in [7, 11) is 1.59. The van der Waals surface area contributed by atoms with Crippen LogP contribution in [0.15, 0.2) is 84.5 Å². The molecule has 2 amide bonds. The molecule has 0 aliphatic carbocycles. The summed E-state index contributed by atoms with van der Waals surface area (Å²) in [6.45, 7) is 0. The second kappa shape index (κ2) is 11.1. The number of carboxylic acid groups (broad SMARTS) is 1. The maximum Gasteiger partial charge on any atom is 0.323 e. The molecule has 2 heterocycles. The van der Waals surface area contributed by atoms with Gasteiger partial charge in [0.2, 0.25) is 0 Å². The summed E-state index contributed by atoms with van der Waals surface area (Å²) in [5.74, 6) is -0.0862. The topological polar surface area (TPSA) is 113 Å². The number of nitrogens with one attached hydrogen (secondary N) is 2. The number of thiophene rings is 1. The lowest BCUT2D eigenvalue weighted by Gasteiger charge is -2.09. The van der Waals surface area contributed by atoms with Crippen LogP contribution in [0.3, 0.4) is 0 Å². The molecular formula is C29H24N4O4S. The van der Waals surface area contributed by atoms with E-state index in [1.807, 2.05) is 48.5 Å². The van der Waals surface area contributed by atoms with Gasteiger partial charge in [-0.15, -0.1) is 11.3 Å². The van der Waals surface area contributed by atoms with Gasteiger partial charge in [0.05, 0.1) is 23.0 Å². The number of aliphatic carboxylic acids is 1. The monoisotopic (exact) mass is 524 g/mol. The molecule has 0 aliphatic rings. The Balaban J connectivity index is 1.31. The summed E-state index contributed by atoms with van der Waals surface area (Å²) < 4.78 is 6.10. The summed E-state index contributed by atoms with van der Waals surface area (Å²) >= 11 is 1.58. The molecule has 3 N–H and O–H groups in total. The van der Waals surface area contributed by atoms with Gasteiger partial charge in [-0.2, -0.15) is 0 Å². The van der Waals surface area contributed by atoms with E-state index in [4.69, 9.17) is 9.84 Å². The maximum absolute atomic E-state index is 12.4.